The molecule has 0 amide bonds. The van der Waals surface area contributed by atoms with E-state index in [9.17, 15) is 0 Å². The molecule has 0 radical (unpaired) electrons. The lowest BCUT2D eigenvalue weighted by Gasteiger charge is -2.15. The lowest BCUT2D eigenvalue weighted by Crippen LogP contribution is -2.09. The van der Waals surface area contributed by atoms with E-state index in [4.69, 9.17) is 4.74 Å². The molecule has 1 atom stereocenters. The Morgan fingerprint density at radius 1 is 1.17 bits per heavy atom. The summed E-state index contributed by atoms with van der Waals surface area (Å²) in [5, 5.41) is 0. The van der Waals surface area contributed by atoms with Crippen LogP contribution < -0.4 is 0 Å². The molecule has 0 saturated heterocycles. The minimum Gasteiger partial charge on any atom is -0.384 e. The van der Waals surface area contributed by atoms with Crippen molar-refractivity contribution in [2.75, 3.05) is 13.7 Å². The van der Waals surface area contributed by atoms with Crippen molar-refractivity contribution in [3.8, 4) is 0 Å². The van der Waals surface area contributed by atoms with E-state index in [1.807, 2.05) is 0 Å². The number of hydrogen-bond acceptors (Lipinski definition) is 1. The molecule has 0 aromatic carbocycles. The Labute approximate surface area is 79.5 Å². The van der Waals surface area contributed by atoms with E-state index >= 15 is 0 Å². The van der Waals surface area contributed by atoms with Crippen molar-refractivity contribution in [3.63, 3.8) is 0 Å². The Morgan fingerprint density at radius 3 is 1.92 bits per heavy atom. The van der Waals surface area contributed by atoms with Crippen LogP contribution in [-0.2, 0) is 4.74 Å². The summed E-state index contributed by atoms with van der Waals surface area (Å²) in [5.41, 5.74) is 0. The Balaban J connectivity index is -0.000000405. The van der Waals surface area contributed by atoms with Crippen LogP contribution in [0.15, 0.2) is 0 Å². The van der Waals surface area contributed by atoms with Crippen LogP contribution in [0.25, 0.3) is 0 Å². The molecule has 1 nitrogen and oxygen atoms in total. The van der Waals surface area contributed by atoms with Crippen molar-refractivity contribution < 1.29 is 4.74 Å². The topological polar surface area (TPSA) is 9.23 Å². The third kappa shape index (κ3) is 9.96. The number of methoxy groups -OCH3 is 1. The molecule has 0 spiro atoms. The van der Waals surface area contributed by atoms with Crippen molar-refractivity contribution >= 4 is 0 Å². The molecule has 0 aromatic rings. The predicted octanol–water partition coefficient (Wildman–Crippen LogP) is 3.98. The van der Waals surface area contributed by atoms with Crippen LogP contribution in [0, 0.1) is 11.8 Å². The van der Waals surface area contributed by atoms with Gasteiger partial charge in [-0.25, -0.2) is 0 Å². The quantitative estimate of drug-likeness (QED) is 0.615. The molecule has 0 N–H and O–H groups in total. The Morgan fingerprint density at radius 2 is 1.67 bits per heavy atom. The molecule has 0 aliphatic carbocycles. The first kappa shape index (κ1) is 17.9. The number of ether oxygens (including phenoxy) is 1. The van der Waals surface area contributed by atoms with Gasteiger partial charge in [0.25, 0.3) is 0 Å². The van der Waals surface area contributed by atoms with Gasteiger partial charge >= 0.3 is 0 Å². The number of hydrogen-bond donors (Lipinski definition) is 0. The molecule has 0 saturated carbocycles. The highest BCUT2D eigenvalue weighted by Gasteiger charge is 2.07. The van der Waals surface area contributed by atoms with Gasteiger partial charge in [-0.15, -0.1) is 0 Å². The molecule has 0 fully saturated rings. The first-order chi connectivity index (χ1) is 4.70. The highest BCUT2D eigenvalue weighted by Crippen LogP contribution is 2.14. The van der Waals surface area contributed by atoms with Crippen LogP contribution in [0.4, 0.5) is 0 Å². The zero-order valence-corrected chi connectivity index (χ0v) is 7.68. The summed E-state index contributed by atoms with van der Waals surface area (Å²) in [5.74, 6) is 1.57. The first-order valence-electron chi connectivity index (χ1n) is 4.19. The molecule has 0 bridgehead atoms. The first-order valence-corrected chi connectivity index (χ1v) is 4.19. The fourth-order valence-corrected chi connectivity index (χ4v) is 1.25. The molecule has 0 aliphatic rings. The van der Waals surface area contributed by atoms with Crippen LogP contribution in [0.1, 0.15) is 48.5 Å². The zero-order valence-electron chi connectivity index (χ0n) is 7.68. The second-order valence-corrected chi connectivity index (χ2v) is 3.36. The van der Waals surface area contributed by atoms with Gasteiger partial charge in [0.1, 0.15) is 0 Å². The van der Waals surface area contributed by atoms with Crippen LogP contribution in [0.3, 0.4) is 0 Å². The minimum absolute atomic E-state index is 0. The fraction of sp³-hybridized carbons (Fsp3) is 1.00. The van der Waals surface area contributed by atoms with E-state index in [-0.39, 0.29) is 14.9 Å². The van der Waals surface area contributed by atoms with Crippen molar-refractivity contribution in [1.29, 1.82) is 0 Å². The summed E-state index contributed by atoms with van der Waals surface area (Å²) in [6.07, 6.45) is 2.54. The maximum atomic E-state index is 5.10. The van der Waals surface area contributed by atoms with Gasteiger partial charge in [-0.2, -0.15) is 0 Å². The molecule has 1 heteroatoms. The Bertz CT molecular complexity index is 69.4. The SMILES string of the molecule is C.C.CCC(COC)CC(C)C. The smallest absolute Gasteiger partial charge is 0.0490 e. The van der Waals surface area contributed by atoms with Crippen LogP contribution in [0.5, 0.6) is 0 Å². The highest BCUT2D eigenvalue weighted by atomic mass is 16.5. The van der Waals surface area contributed by atoms with Gasteiger partial charge in [-0.05, 0) is 18.3 Å². The molecular formula is C11H28O. The molecule has 1 unspecified atom stereocenters. The summed E-state index contributed by atoms with van der Waals surface area (Å²) < 4.78 is 5.10. The zero-order chi connectivity index (χ0) is 7.98. The van der Waals surface area contributed by atoms with Gasteiger partial charge in [0.2, 0.25) is 0 Å². The molecule has 0 aromatic heterocycles. The second-order valence-electron chi connectivity index (χ2n) is 3.36. The van der Waals surface area contributed by atoms with Crippen LogP contribution in [-0.4, -0.2) is 13.7 Å². The van der Waals surface area contributed by atoms with Crippen molar-refractivity contribution in [2.45, 2.75) is 48.5 Å². The standard InChI is InChI=1S/C9H20O.2CH4/c1-5-9(7-10-4)6-8(2)3;;/h8-9H,5-7H2,1-4H3;2*1H4. The second kappa shape index (κ2) is 11.0. The van der Waals surface area contributed by atoms with E-state index in [1.165, 1.54) is 12.8 Å². The number of rotatable bonds is 5. The fourth-order valence-electron chi connectivity index (χ4n) is 1.25. The highest BCUT2D eigenvalue weighted by molar-refractivity contribution is 4.57. The lowest BCUT2D eigenvalue weighted by atomic mass is 9.96. The van der Waals surface area contributed by atoms with E-state index in [2.05, 4.69) is 20.8 Å². The average molecular weight is 176 g/mol. The maximum absolute atomic E-state index is 5.10. The third-order valence-corrected chi connectivity index (χ3v) is 1.78. The summed E-state index contributed by atoms with van der Waals surface area (Å²) in [7, 11) is 1.78. The maximum Gasteiger partial charge on any atom is 0.0490 e. The minimum atomic E-state index is 0. The van der Waals surface area contributed by atoms with E-state index in [0.717, 1.165) is 18.4 Å². The lowest BCUT2D eigenvalue weighted by molar-refractivity contribution is 0.138. The third-order valence-electron chi connectivity index (χ3n) is 1.78. The molecule has 0 rings (SSSR count). The van der Waals surface area contributed by atoms with E-state index < -0.39 is 0 Å². The van der Waals surface area contributed by atoms with Gasteiger partial charge in [0, 0.05) is 13.7 Å². The van der Waals surface area contributed by atoms with Crippen LogP contribution in [0.2, 0.25) is 0 Å². The largest absolute Gasteiger partial charge is 0.384 e. The van der Waals surface area contributed by atoms with Crippen molar-refractivity contribution in [3.05, 3.63) is 0 Å². The summed E-state index contributed by atoms with van der Waals surface area (Å²) in [6, 6.07) is 0. The van der Waals surface area contributed by atoms with Crippen LogP contribution >= 0.6 is 0 Å². The van der Waals surface area contributed by atoms with Gasteiger partial charge < -0.3 is 4.74 Å². The average Bonchev–Trinajstić information content (AvgIpc) is 1.86. The molecule has 12 heavy (non-hydrogen) atoms. The van der Waals surface area contributed by atoms with E-state index in [1.54, 1.807) is 7.11 Å². The molecule has 0 aliphatic heterocycles. The van der Waals surface area contributed by atoms with Gasteiger partial charge in [0.15, 0.2) is 0 Å². The van der Waals surface area contributed by atoms with Gasteiger partial charge in [-0.1, -0.05) is 42.0 Å². The van der Waals surface area contributed by atoms with Gasteiger partial charge in [-0.3, -0.25) is 0 Å². The Kier molecular flexibility index (Phi) is 16.3. The molecule has 78 valence electrons. The molecule has 0 heterocycles. The monoisotopic (exact) mass is 176 g/mol. The van der Waals surface area contributed by atoms with Crippen molar-refractivity contribution in [2.24, 2.45) is 11.8 Å². The predicted molar refractivity (Wildman–Crippen MR) is 58.6 cm³/mol. The Hall–Kier alpha value is -0.0400. The normalized spacial score (nSPS) is 11.8. The van der Waals surface area contributed by atoms with Gasteiger partial charge in [0.05, 0.1) is 0 Å². The summed E-state index contributed by atoms with van der Waals surface area (Å²) >= 11 is 0. The summed E-state index contributed by atoms with van der Waals surface area (Å²) in [4.78, 5) is 0. The molecular weight excluding hydrogens is 148 g/mol. The summed E-state index contributed by atoms with van der Waals surface area (Å²) in [6.45, 7) is 7.68. The van der Waals surface area contributed by atoms with E-state index in [0.29, 0.717) is 0 Å². The van der Waals surface area contributed by atoms with Crippen molar-refractivity contribution in [1.82, 2.24) is 0 Å².